The standard InChI is InChI=1S/C16H14O12/c17-11(18)5-9(13(21)22)27-15(25)7-2-1-3-8(4-7)16(26)28-10(14(23)24)6-12(19)20/h1-4,9-10H,5-6H2,(H,17,18)(H,19,20)(H,21,22)(H,23,24). The smallest absolute Gasteiger partial charge is 0.345 e. The van der Waals surface area contributed by atoms with Crippen LogP contribution in [0.3, 0.4) is 0 Å². The maximum Gasteiger partial charge on any atom is 0.345 e. The monoisotopic (exact) mass is 398 g/mol. The minimum absolute atomic E-state index is 0.337. The van der Waals surface area contributed by atoms with Crippen molar-refractivity contribution >= 4 is 35.8 Å². The van der Waals surface area contributed by atoms with Crippen LogP contribution in [-0.4, -0.2) is 68.4 Å². The number of carbonyl (C=O) groups excluding carboxylic acids is 2. The average Bonchev–Trinajstić information content (AvgIpc) is 2.59. The molecule has 2 unspecified atom stereocenters. The lowest BCUT2D eigenvalue weighted by Crippen LogP contribution is -2.30. The molecule has 0 heterocycles. The van der Waals surface area contributed by atoms with Gasteiger partial charge in [0.25, 0.3) is 0 Å². The zero-order valence-electron chi connectivity index (χ0n) is 13.9. The van der Waals surface area contributed by atoms with E-state index < -0.39 is 60.9 Å². The van der Waals surface area contributed by atoms with Crippen molar-refractivity contribution in [2.75, 3.05) is 0 Å². The molecule has 0 saturated carbocycles. The predicted octanol–water partition coefficient (Wildman–Crippen LogP) is -0.144. The number of hydrogen-bond acceptors (Lipinski definition) is 8. The maximum atomic E-state index is 12.0. The molecule has 0 spiro atoms. The van der Waals surface area contributed by atoms with Crippen LogP contribution in [0.4, 0.5) is 0 Å². The normalized spacial score (nSPS) is 12.3. The Morgan fingerprint density at radius 2 is 1.07 bits per heavy atom. The summed E-state index contributed by atoms with van der Waals surface area (Å²) in [5.74, 6) is -8.91. The van der Waals surface area contributed by atoms with E-state index in [1.807, 2.05) is 0 Å². The van der Waals surface area contributed by atoms with Gasteiger partial charge in [0.15, 0.2) is 0 Å². The van der Waals surface area contributed by atoms with Crippen LogP contribution in [-0.2, 0) is 28.7 Å². The van der Waals surface area contributed by atoms with Gasteiger partial charge in [0.1, 0.15) is 0 Å². The quantitative estimate of drug-likeness (QED) is 0.380. The first-order valence-corrected chi connectivity index (χ1v) is 7.42. The van der Waals surface area contributed by atoms with Crippen LogP contribution in [0.5, 0.6) is 0 Å². The summed E-state index contributed by atoms with van der Waals surface area (Å²) in [4.78, 5) is 67.1. The predicted molar refractivity (Wildman–Crippen MR) is 84.6 cm³/mol. The van der Waals surface area contributed by atoms with Gasteiger partial charge in [-0.1, -0.05) is 6.07 Å². The van der Waals surface area contributed by atoms with Gasteiger partial charge in [-0.3, -0.25) is 9.59 Å². The number of carboxylic acid groups (broad SMARTS) is 4. The number of ether oxygens (including phenoxy) is 2. The van der Waals surface area contributed by atoms with Gasteiger partial charge in [-0.25, -0.2) is 19.2 Å². The van der Waals surface area contributed by atoms with Crippen LogP contribution in [0, 0.1) is 0 Å². The van der Waals surface area contributed by atoms with Crippen molar-refractivity contribution in [3.8, 4) is 0 Å². The fourth-order valence-electron chi connectivity index (χ4n) is 1.84. The van der Waals surface area contributed by atoms with Crippen molar-refractivity contribution < 1.29 is 58.7 Å². The van der Waals surface area contributed by atoms with E-state index in [2.05, 4.69) is 9.47 Å². The van der Waals surface area contributed by atoms with E-state index in [0.29, 0.717) is 0 Å². The highest BCUT2D eigenvalue weighted by Crippen LogP contribution is 2.13. The lowest BCUT2D eigenvalue weighted by molar-refractivity contribution is -0.153. The van der Waals surface area contributed by atoms with Gasteiger partial charge in [-0.15, -0.1) is 0 Å². The van der Waals surface area contributed by atoms with Crippen molar-refractivity contribution in [3.05, 3.63) is 35.4 Å². The van der Waals surface area contributed by atoms with E-state index in [4.69, 9.17) is 20.4 Å². The highest BCUT2D eigenvalue weighted by atomic mass is 16.6. The Bertz CT molecular complexity index is 748. The highest BCUT2D eigenvalue weighted by molar-refractivity contribution is 5.97. The molecule has 0 fully saturated rings. The minimum Gasteiger partial charge on any atom is -0.481 e. The fraction of sp³-hybridized carbons (Fsp3) is 0.250. The van der Waals surface area contributed by atoms with Crippen LogP contribution in [0.1, 0.15) is 33.6 Å². The van der Waals surface area contributed by atoms with E-state index in [1.165, 1.54) is 6.07 Å². The first kappa shape index (κ1) is 22.1. The molecule has 150 valence electrons. The Labute approximate surface area is 155 Å². The first-order valence-electron chi connectivity index (χ1n) is 7.42. The lowest BCUT2D eigenvalue weighted by atomic mass is 10.1. The largest absolute Gasteiger partial charge is 0.481 e. The van der Waals surface area contributed by atoms with E-state index in [-0.39, 0.29) is 11.1 Å². The molecule has 12 nitrogen and oxygen atoms in total. The van der Waals surface area contributed by atoms with Gasteiger partial charge in [0.2, 0.25) is 12.2 Å². The molecule has 0 radical (unpaired) electrons. The molecular formula is C16H14O12. The number of carbonyl (C=O) groups is 6. The van der Waals surface area contributed by atoms with Crippen LogP contribution < -0.4 is 0 Å². The molecule has 12 heteroatoms. The molecule has 0 amide bonds. The Morgan fingerprint density at radius 1 is 0.714 bits per heavy atom. The van der Waals surface area contributed by atoms with E-state index >= 15 is 0 Å². The summed E-state index contributed by atoms with van der Waals surface area (Å²) in [7, 11) is 0. The van der Waals surface area contributed by atoms with Gasteiger partial charge >= 0.3 is 35.8 Å². The topological polar surface area (TPSA) is 202 Å². The number of rotatable bonds is 10. The summed E-state index contributed by atoms with van der Waals surface area (Å²) in [5.41, 5.74) is -0.674. The third-order valence-corrected chi connectivity index (χ3v) is 3.10. The van der Waals surface area contributed by atoms with Crippen LogP contribution >= 0.6 is 0 Å². The number of aliphatic carboxylic acids is 4. The number of carboxylic acids is 4. The molecule has 0 aromatic heterocycles. The Kier molecular flexibility index (Phi) is 7.62. The van der Waals surface area contributed by atoms with Gasteiger partial charge in [0, 0.05) is 0 Å². The summed E-state index contributed by atoms with van der Waals surface area (Å²) < 4.78 is 9.14. The van der Waals surface area contributed by atoms with E-state index in [0.717, 1.165) is 18.2 Å². The van der Waals surface area contributed by atoms with E-state index in [9.17, 15) is 28.8 Å². The van der Waals surface area contributed by atoms with Gasteiger partial charge in [-0.2, -0.15) is 0 Å². The molecule has 2 atom stereocenters. The molecule has 0 bridgehead atoms. The number of esters is 2. The van der Waals surface area contributed by atoms with Crippen molar-refractivity contribution in [1.29, 1.82) is 0 Å². The molecule has 1 aromatic rings. The number of benzene rings is 1. The minimum atomic E-state index is -1.97. The Morgan fingerprint density at radius 3 is 1.36 bits per heavy atom. The third-order valence-electron chi connectivity index (χ3n) is 3.10. The third kappa shape index (κ3) is 6.74. The van der Waals surface area contributed by atoms with Crippen molar-refractivity contribution in [3.63, 3.8) is 0 Å². The summed E-state index contributed by atoms with van der Waals surface area (Å²) in [5, 5.41) is 35.0. The Balaban J connectivity index is 2.95. The SMILES string of the molecule is O=C(O)CC(OC(=O)c1cccc(C(=O)OC(CC(=O)O)C(=O)O)c1)C(=O)O. The zero-order chi connectivity index (χ0) is 21.4. The van der Waals surface area contributed by atoms with Gasteiger partial charge in [0.05, 0.1) is 24.0 Å². The second-order valence-electron chi connectivity index (χ2n) is 5.24. The molecule has 0 saturated heterocycles. The lowest BCUT2D eigenvalue weighted by Gasteiger charge is -2.13. The number of hydrogen-bond donors (Lipinski definition) is 4. The average molecular weight is 398 g/mol. The molecular weight excluding hydrogens is 384 g/mol. The van der Waals surface area contributed by atoms with Crippen molar-refractivity contribution in [2.24, 2.45) is 0 Å². The highest BCUT2D eigenvalue weighted by Gasteiger charge is 2.28. The van der Waals surface area contributed by atoms with Gasteiger partial charge in [-0.05, 0) is 18.2 Å². The second-order valence-corrected chi connectivity index (χ2v) is 5.24. The second kappa shape index (κ2) is 9.66. The molecule has 1 aromatic carbocycles. The molecule has 28 heavy (non-hydrogen) atoms. The maximum absolute atomic E-state index is 12.0. The van der Waals surface area contributed by atoms with Crippen LogP contribution in [0.15, 0.2) is 24.3 Å². The first-order chi connectivity index (χ1) is 13.0. The summed E-state index contributed by atoms with van der Waals surface area (Å²) in [6, 6.07) is 4.33. The van der Waals surface area contributed by atoms with Crippen LogP contribution in [0.25, 0.3) is 0 Å². The van der Waals surface area contributed by atoms with Crippen molar-refractivity contribution in [2.45, 2.75) is 25.0 Å². The summed E-state index contributed by atoms with van der Waals surface area (Å²) in [6.45, 7) is 0. The molecule has 4 N–H and O–H groups in total. The molecule has 0 aliphatic heterocycles. The zero-order valence-corrected chi connectivity index (χ0v) is 13.9. The van der Waals surface area contributed by atoms with Crippen LogP contribution in [0.2, 0.25) is 0 Å². The molecule has 1 rings (SSSR count). The van der Waals surface area contributed by atoms with E-state index in [1.54, 1.807) is 0 Å². The molecule has 0 aliphatic rings. The summed E-state index contributed by atoms with van der Waals surface area (Å²) >= 11 is 0. The fourth-order valence-corrected chi connectivity index (χ4v) is 1.84. The summed E-state index contributed by atoms with van der Waals surface area (Å²) in [6.07, 6.45) is -5.91. The van der Waals surface area contributed by atoms with Crippen molar-refractivity contribution in [1.82, 2.24) is 0 Å². The molecule has 0 aliphatic carbocycles. The van der Waals surface area contributed by atoms with Gasteiger partial charge < -0.3 is 29.9 Å². The Hall–Kier alpha value is -3.96.